The van der Waals surface area contributed by atoms with Crippen molar-refractivity contribution in [3.05, 3.63) is 63.9 Å². The standard InChI is InChI=1S/C18H16BrN3OS/c1-12-17(21-8-4-7-15(19)18(21)20-12)16-10-24-11-22(16)13-5-3-6-14(9-13)23-2/h3-10H,11H2,1-2H3. The number of thioether (sulfide) groups is 1. The van der Waals surface area contributed by atoms with Gasteiger partial charge in [-0.1, -0.05) is 6.07 Å². The molecule has 0 spiro atoms. The van der Waals surface area contributed by atoms with E-state index in [2.05, 4.69) is 55.9 Å². The van der Waals surface area contributed by atoms with Crippen LogP contribution >= 0.6 is 27.7 Å². The van der Waals surface area contributed by atoms with Gasteiger partial charge < -0.3 is 9.64 Å². The monoisotopic (exact) mass is 401 g/mol. The highest BCUT2D eigenvalue weighted by atomic mass is 79.9. The van der Waals surface area contributed by atoms with E-state index < -0.39 is 0 Å². The van der Waals surface area contributed by atoms with E-state index in [0.29, 0.717) is 0 Å². The summed E-state index contributed by atoms with van der Waals surface area (Å²) in [5.41, 5.74) is 5.36. The minimum atomic E-state index is 0.862. The highest BCUT2D eigenvalue weighted by molar-refractivity contribution is 9.10. The van der Waals surface area contributed by atoms with Gasteiger partial charge >= 0.3 is 0 Å². The van der Waals surface area contributed by atoms with Gasteiger partial charge in [0.25, 0.3) is 0 Å². The van der Waals surface area contributed by atoms with Crippen LogP contribution in [0, 0.1) is 6.92 Å². The van der Waals surface area contributed by atoms with Crippen LogP contribution < -0.4 is 9.64 Å². The molecule has 1 aromatic carbocycles. The first-order valence-electron chi connectivity index (χ1n) is 7.56. The Morgan fingerprint density at radius 1 is 1.25 bits per heavy atom. The number of aromatic nitrogens is 2. The zero-order chi connectivity index (χ0) is 16.7. The Morgan fingerprint density at radius 2 is 2.12 bits per heavy atom. The van der Waals surface area contributed by atoms with E-state index in [9.17, 15) is 0 Å². The molecule has 3 aromatic rings. The number of fused-ring (bicyclic) bond motifs is 1. The number of halogens is 1. The number of hydrogen-bond acceptors (Lipinski definition) is 4. The number of methoxy groups -OCH3 is 1. The molecule has 0 atom stereocenters. The predicted molar refractivity (Wildman–Crippen MR) is 104 cm³/mol. The van der Waals surface area contributed by atoms with Gasteiger partial charge in [0, 0.05) is 18.0 Å². The van der Waals surface area contributed by atoms with Gasteiger partial charge in [0.2, 0.25) is 0 Å². The van der Waals surface area contributed by atoms with Crippen LogP contribution in [0.15, 0.2) is 52.5 Å². The van der Waals surface area contributed by atoms with E-state index in [1.54, 1.807) is 18.9 Å². The van der Waals surface area contributed by atoms with E-state index in [1.165, 1.54) is 0 Å². The first-order chi connectivity index (χ1) is 11.7. The quantitative estimate of drug-likeness (QED) is 0.622. The van der Waals surface area contributed by atoms with E-state index in [4.69, 9.17) is 9.72 Å². The first kappa shape index (κ1) is 15.6. The molecule has 0 unspecified atom stereocenters. The molecule has 122 valence electrons. The fourth-order valence-corrected chi connectivity index (χ4v) is 4.30. The fraction of sp³-hybridized carbons (Fsp3) is 0.167. The molecule has 4 nitrogen and oxygen atoms in total. The van der Waals surface area contributed by atoms with E-state index >= 15 is 0 Å². The average Bonchev–Trinajstić information content (AvgIpc) is 3.19. The molecule has 4 rings (SSSR count). The highest BCUT2D eigenvalue weighted by Crippen LogP contribution is 2.38. The molecule has 0 radical (unpaired) electrons. The SMILES string of the molecule is COc1cccc(N2CSC=C2c2c(C)nc3c(Br)cccn23)c1. The molecule has 24 heavy (non-hydrogen) atoms. The molecule has 6 heteroatoms. The van der Waals surface area contributed by atoms with Crippen LogP contribution in [0.25, 0.3) is 11.3 Å². The van der Waals surface area contributed by atoms with Crippen molar-refractivity contribution in [3.8, 4) is 5.75 Å². The van der Waals surface area contributed by atoms with Gasteiger partial charge in [0.1, 0.15) is 5.75 Å². The summed E-state index contributed by atoms with van der Waals surface area (Å²) in [5.74, 6) is 1.74. The Morgan fingerprint density at radius 3 is 2.96 bits per heavy atom. The molecule has 1 aliphatic heterocycles. The molecule has 0 saturated heterocycles. The van der Waals surface area contributed by atoms with Crippen LogP contribution in [0.1, 0.15) is 11.4 Å². The molecular weight excluding hydrogens is 386 g/mol. The lowest BCUT2D eigenvalue weighted by Gasteiger charge is -2.22. The Kier molecular flexibility index (Phi) is 4.02. The minimum absolute atomic E-state index is 0.862. The van der Waals surface area contributed by atoms with Crippen LogP contribution in [0.5, 0.6) is 5.75 Å². The van der Waals surface area contributed by atoms with E-state index in [-0.39, 0.29) is 0 Å². The molecule has 0 aliphatic carbocycles. The summed E-state index contributed by atoms with van der Waals surface area (Å²) in [4.78, 5) is 7.03. The maximum atomic E-state index is 5.37. The molecule has 2 aromatic heterocycles. The van der Waals surface area contributed by atoms with Crippen LogP contribution in [0.4, 0.5) is 5.69 Å². The third kappa shape index (κ3) is 2.50. The fourth-order valence-electron chi connectivity index (χ4n) is 2.96. The Labute approximate surface area is 153 Å². The van der Waals surface area contributed by atoms with Gasteiger partial charge in [-0.3, -0.25) is 4.40 Å². The Balaban J connectivity index is 1.84. The van der Waals surface area contributed by atoms with Crippen molar-refractivity contribution in [2.24, 2.45) is 0 Å². The summed E-state index contributed by atoms with van der Waals surface area (Å²) >= 11 is 5.38. The molecule has 0 fully saturated rings. The zero-order valence-corrected chi connectivity index (χ0v) is 15.8. The lowest BCUT2D eigenvalue weighted by atomic mass is 10.2. The lowest BCUT2D eigenvalue weighted by Crippen LogP contribution is -2.18. The largest absolute Gasteiger partial charge is 0.497 e. The number of aryl methyl sites for hydroxylation is 1. The number of hydrogen-bond donors (Lipinski definition) is 0. The summed E-state index contributed by atoms with van der Waals surface area (Å²) in [5, 5.41) is 2.21. The summed E-state index contributed by atoms with van der Waals surface area (Å²) in [6.45, 7) is 2.06. The highest BCUT2D eigenvalue weighted by Gasteiger charge is 2.24. The van der Waals surface area contributed by atoms with Crippen LogP contribution in [-0.4, -0.2) is 22.4 Å². The average molecular weight is 402 g/mol. The minimum Gasteiger partial charge on any atom is -0.497 e. The Hall–Kier alpha value is -1.92. The van der Waals surface area contributed by atoms with Crippen molar-refractivity contribution >= 4 is 44.7 Å². The van der Waals surface area contributed by atoms with Crippen molar-refractivity contribution in [2.75, 3.05) is 17.9 Å². The van der Waals surface area contributed by atoms with E-state index in [1.807, 2.05) is 24.3 Å². The first-order valence-corrected chi connectivity index (χ1v) is 9.40. The number of nitrogens with zero attached hydrogens (tertiary/aromatic N) is 3. The molecule has 0 saturated carbocycles. The number of rotatable bonds is 3. The smallest absolute Gasteiger partial charge is 0.151 e. The number of benzene rings is 1. The second-order valence-electron chi connectivity index (χ2n) is 5.52. The predicted octanol–water partition coefficient (Wildman–Crippen LogP) is 4.92. The summed E-state index contributed by atoms with van der Waals surface area (Å²) in [6, 6.07) is 12.2. The van der Waals surface area contributed by atoms with Crippen molar-refractivity contribution in [1.82, 2.24) is 9.38 Å². The maximum Gasteiger partial charge on any atom is 0.151 e. The number of pyridine rings is 1. The van der Waals surface area contributed by atoms with Crippen molar-refractivity contribution in [1.29, 1.82) is 0 Å². The molecule has 0 bridgehead atoms. The second kappa shape index (κ2) is 6.18. The van der Waals surface area contributed by atoms with Crippen LogP contribution in [-0.2, 0) is 0 Å². The van der Waals surface area contributed by atoms with Crippen molar-refractivity contribution < 1.29 is 4.74 Å². The Bertz CT molecular complexity index is 951. The van der Waals surface area contributed by atoms with Gasteiger partial charge in [-0.05, 0) is 52.5 Å². The number of ether oxygens (including phenoxy) is 1. The molecule has 0 N–H and O–H groups in total. The third-order valence-electron chi connectivity index (χ3n) is 4.07. The van der Waals surface area contributed by atoms with Crippen molar-refractivity contribution in [2.45, 2.75) is 6.92 Å². The zero-order valence-electron chi connectivity index (χ0n) is 13.4. The van der Waals surface area contributed by atoms with E-state index in [0.717, 1.165) is 44.5 Å². The van der Waals surface area contributed by atoms with Crippen molar-refractivity contribution in [3.63, 3.8) is 0 Å². The molecule has 1 aliphatic rings. The number of anilines is 1. The third-order valence-corrected chi connectivity index (χ3v) is 5.49. The van der Waals surface area contributed by atoms with Gasteiger partial charge in [-0.25, -0.2) is 4.98 Å². The van der Waals surface area contributed by atoms with Gasteiger partial charge in [0.15, 0.2) is 5.65 Å². The maximum absolute atomic E-state index is 5.37. The molecule has 3 heterocycles. The second-order valence-corrected chi connectivity index (χ2v) is 7.21. The summed E-state index contributed by atoms with van der Waals surface area (Å²) < 4.78 is 8.52. The van der Waals surface area contributed by atoms with Crippen LogP contribution in [0.3, 0.4) is 0 Å². The topological polar surface area (TPSA) is 29.8 Å². The normalized spacial score (nSPS) is 14.3. The van der Waals surface area contributed by atoms with Gasteiger partial charge in [-0.2, -0.15) is 0 Å². The van der Waals surface area contributed by atoms with Gasteiger partial charge in [0.05, 0.1) is 34.5 Å². The van der Waals surface area contributed by atoms with Gasteiger partial charge in [-0.15, -0.1) is 11.8 Å². The summed E-state index contributed by atoms with van der Waals surface area (Å²) in [6.07, 6.45) is 2.06. The molecular formula is C18H16BrN3OS. The summed E-state index contributed by atoms with van der Waals surface area (Å²) in [7, 11) is 1.70. The van der Waals surface area contributed by atoms with Crippen LogP contribution in [0.2, 0.25) is 0 Å². The number of imidazole rings is 1. The molecule has 0 amide bonds. The lowest BCUT2D eigenvalue weighted by molar-refractivity contribution is 0.415.